The van der Waals surface area contributed by atoms with Crippen molar-refractivity contribution < 1.29 is 22.4 Å². The van der Waals surface area contributed by atoms with E-state index in [1.165, 1.54) is 24.3 Å². The predicted molar refractivity (Wildman–Crippen MR) is 113 cm³/mol. The topological polar surface area (TPSA) is 110 Å². The van der Waals surface area contributed by atoms with E-state index in [1.54, 1.807) is 19.1 Å². The van der Waals surface area contributed by atoms with Crippen LogP contribution in [0.1, 0.15) is 18.1 Å². The van der Waals surface area contributed by atoms with E-state index in [4.69, 9.17) is 5.84 Å². The van der Waals surface area contributed by atoms with Crippen molar-refractivity contribution in [3.05, 3.63) is 65.5 Å². The molecule has 0 unspecified atom stereocenters. The van der Waals surface area contributed by atoms with E-state index in [9.17, 15) is 22.4 Å². The van der Waals surface area contributed by atoms with Gasteiger partial charge in [0.25, 0.3) is 5.95 Å². The van der Waals surface area contributed by atoms with Crippen LogP contribution in [0.4, 0.5) is 29.2 Å². The largest absolute Gasteiger partial charge is 0.416 e. The molecule has 0 aliphatic carbocycles. The maximum atomic E-state index is 13.0. The molecule has 8 nitrogen and oxygen atoms in total. The first-order valence-corrected chi connectivity index (χ1v) is 9.98. The third kappa shape index (κ3) is 5.97. The van der Waals surface area contributed by atoms with Crippen LogP contribution in [0, 0.1) is 5.82 Å². The zero-order chi connectivity index (χ0) is 23.3. The SMILES string of the molecule is C/C(=N\Nc1nnc(SCC(=O)Nc2cccc(C(F)(F)F)c2)n1N)c1ccc(F)cc1. The van der Waals surface area contributed by atoms with Crippen LogP contribution < -0.4 is 16.6 Å². The van der Waals surface area contributed by atoms with Gasteiger partial charge in [-0.15, -0.1) is 10.2 Å². The predicted octanol–water partition coefficient (Wildman–Crippen LogP) is 3.72. The van der Waals surface area contributed by atoms with E-state index in [-0.39, 0.29) is 28.4 Å². The first kappa shape index (κ1) is 23.1. The zero-order valence-corrected chi connectivity index (χ0v) is 17.3. The van der Waals surface area contributed by atoms with Crippen molar-refractivity contribution in [2.45, 2.75) is 18.3 Å². The summed E-state index contributed by atoms with van der Waals surface area (Å²) < 4.78 is 52.4. The summed E-state index contributed by atoms with van der Waals surface area (Å²) in [6.45, 7) is 1.70. The molecule has 168 valence electrons. The Bertz CT molecular complexity index is 1130. The molecule has 1 aromatic heterocycles. The maximum absolute atomic E-state index is 13.0. The lowest BCUT2D eigenvalue weighted by atomic mass is 10.1. The Hall–Kier alpha value is -3.61. The van der Waals surface area contributed by atoms with Crippen LogP contribution in [-0.2, 0) is 11.0 Å². The van der Waals surface area contributed by atoms with Crippen LogP contribution in [0.25, 0.3) is 0 Å². The molecule has 0 aliphatic heterocycles. The molecule has 3 aromatic rings. The number of alkyl halides is 3. The number of thioether (sulfide) groups is 1. The third-order valence-corrected chi connectivity index (χ3v) is 5.00. The Morgan fingerprint density at radius 3 is 2.59 bits per heavy atom. The summed E-state index contributed by atoms with van der Waals surface area (Å²) in [6, 6.07) is 10.0. The Morgan fingerprint density at radius 2 is 1.91 bits per heavy atom. The second-order valence-corrected chi connectivity index (χ2v) is 7.35. The summed E-state index contributed by atoms with van der Waals surface area (Å²) in [6.07, 6.45) is -4.51. The van der Waals surface area contributed by atoms with E-state index in [1.807, 2.05) is 0 Å². The molecule has 1 heterocycles. The molecule has 3 rings (SSSR count). The standard InChI is InChI=1S/C19H17F4N7OS/c1-11(12-5-7-14(20)8-6-12)26-27-17-28-29-18(30(17)24)32-10-16(31)25-15-4-2-3-13(9-15)19(21,22)23/h2-9H,10,24H2,1H3,(H,25,31)(H,27,28)/b26-11+. The fraction of sp³-hybridized carbons (Fsp3) is 0.158. The number of hydrogen-bond donors (Lipinski definition) is 3. The molecule has 0 aliphatic rings. The quantitative estimate of drug-likeness (QED) is 0.161. The fourth-order valence-corrected chi connectivity index (χ4v) is 3.10. The van der Waals surface area contributed by atoms with Crippen molar-refractivity contribution in [2.24, 2.45) is 5.10 Å². The Balaban J connectivity index is 1.57. The summed E-state index contributed by atoms with van der Waals surface area (Å²) >= 11 is 0.937. The number of nitrogens with zero attached hydrogens (tertiary/aromatic N) is 4. The molecule has 0 spiro atoms. The van der Waals surface area contributed by atoms with Gasteiger partial charge in [0.1, 0.15) is 5.82 Å². The third-order valence-electron chi connectivity index (χ3n) is 4.06. The van der Waals surface area contributed by atoms with Crippen LogP contribution in [0.15, 0.2) is 58.8 Å². The maximum Gasteiger partial charge on any atom is 0.416 e. The summed E-state index contributed by atoms with van der Waals surface area (Å²) in [7, 11) is 0. The first-order chi connectivity index (χ1) is 15.1. The molecule has 2 aromatic carbocycles. The highest BCUT2D eigenvalue weighted by Crippen LogP contribution is 2.30. The van der Waals surface area contributed by atoms with Crippen molar-refractivity contribution in [1.82, 2.24) is 14.9 Å². The number of carbonyl (C=O) groups excluding carboxylic acids is 1. The Kier molecular flexibility index (Phi) is 6.98. The van der Waals surface area contributed by atoms with E-state index in [2.05, 4.69) is 26.0 Å². The van der Waals surface area contributed by atoms with E-state index in [0.29, 0.717) is 11.3 Å². The van der Waals surface area contributed by atoms with Crippen LogP contribution in [0.5, 0.6) is 0 Å². The van der Waals surface area contributed by atoms with Crippen LogP contribution in [0.2, 0.25) is 0 Å². The summed E-state index contributed by atoms with van der Waals surface area (Å²) in [5.74, 6) is 4.90. The molecule has 0 fully saturated rings. The second-order valence-electron chi connectivity index (χ2n) is 6.41. The number of nitrogens with two attached hydrogens (primary N) is 1. The number of nitrogens with one attached hydrogen (secondary N) is 2. The lowest BCUT2D eigenvalue weighted by molar-refractivity contribution is -0.137. The number of nitrogen functional groups attached to an aromatic ring is 1. The molecule has 13 heteroatoms. The Labute approximate surface area is 183 Å². The van der Waals surface area contributed by atoms with Gasteiger partial charge < -0.3 is 11.2 Å². The average molecular weight is 467 g/mol. The van der Waals surface area contributed by atoms with Crippen molar-refractivity contribution in [3.8, 4) is 0 Å². The minimum atomic E-state index is -4.51. The number of anilines is 2. The number of halogens is 4. The van der Waals surface area contributed by atoms with Gasteiger partial charge in [0.15, 0.2) is 0 Å². The first-order valence-electron chi connectivity index (χ1n) is 9.00. The molecule has 1 amide bonds. The van der Waals surface area contributed by atoms with Crippen LogP contribution in [0.3, 0.4) is 0 Å². The Morgan fingerprint density at radius 1 is 1.19 bits per heavy atom. The molecule has 4 N–H and O–H groups in total. The van der Waals surface area contributed by atoms with Gasteiger partial charge in [0, 0.05) is 5.69 Å². The van der Waals surface area contributed by atoms with Gasteiger partial charge in [-0.3, -0.25) is 4.79 Å². The number of benzene rings is 2. The molecule has 32 heavy (non-hydrogen) atoms. The van der Waals surface area contributed by atoms with Crippen LogP contribution in [-0.4, -0.2) is 32.2 Å². The number of rotatable bonds is 7. The minimum absolute atomic E-state index is 0.0209. The molecular weight excluding hydrogens is 450 g/mol. The lowest BCUT2D eigenvalue weighted by Crippen LogP contribution is -2.17. The molecule has 0 atom stereocenters. The molecule has 0 saturated heterocycles. The van der Waals surface area contributed by atoms with Gasteiger partial charge >= 0.3 is 6.18 Å². The van der Waals surface area contributed by atoms with Gasteiger partial charge in [-0.05, 0) is 42.8 Å². The molecule has 0 saturated carbocycles. The lowest BCUT2D eigenvalue weighted by Gasteiger charge is -2.09. The highest BCUT2D eigenvalue weighted by molar-refractivity contribution is 7.99. The number of hydrogen-bond acceptors (Lipinski definition) is 7. The van der Waals surface area contributed by atoms with Gasteiger partial charge in [-0.2, -0.15) is 18.3 Å². The van der Waals surface area contributed by atoms with Crippen molar-refractivity contribution in [1.29, 1.82) is 0 Å². The fourth-order valence-electron chi connectivity index (χ4n) is 2.44. The van der Waals surface area contributed by atoms with Crippen molar-refractivity contribution in [2.75, 3.05) is 22.3 Å². The molecular formula is C19H17F4N7OS. The van der Waals surface area contributed by atoms with Crippen molar-refractivity contribution in [3.63, 3.8) is 0 Å². The van der Waals surface area contributed by atoms with E-state index >= 15 is 0 Å². The second kappa shape index (κ2) is 9.68. The molecule has 0 bridgehead atoms. The summed E-state index contributed by atoms with van der Waals surface area (Å²) in [4.78, 5) is 12.1. The smallest absolute Gasteiger partial charge is 0.334 e. The van der Waals surface area contributed by atoms with Gasteiger partial charge in [0.2, 0.25) is 11.1 Å². The zero-order valence-electron chi connectivity index (χ0n) is 16.5. The van der Waals surface area contributed by atoms with Crippen LogP contribution >= 0.6 is 11.8 Å². The monoisotopic (exact) mass is 467 g/mol. The van der Waals surface area contributed by atoms with Gasteiger partial charge in [0.05, 0.1) is 17.0 Å². The number of aromatic nitrogens is 3. The number of carbonyl (C=O) groups is 1. The van der Waals surface area contributed by atoms with Gasteiger partial charge in [-0.1, -0.05) is 30.0 Å². The van der Waals surface area contributed by atoms with E-state index in [0.717, 1.165) is 28.6 Å². The normalized spacial score (nSPS) is 12.0. The summed E-state index contributed by atoms with van der Waals surface area (Å²) in [5.41, 5.74) is 3.02. The minimum Gasteiger partial charge on any atom is -0.334 e. The molecule has 0 radical (unpaired) electrons. The highest BCUT2D eigenvalue weighted by Gasteiger charge is 2.30. The summed E-state index contributed by atoms with van der Waals surface area (Å²) in [5, 5.41) is 14.4. The van der Waals surface area contributed by atoms with E-state index < -0.39 is 17.6 Å². The number of amides is 1. The average Bonchev–Trinajstić information content (AvgIpc) is 3.10. The van der Waals surface area contributed by atoms with Crippen molar-refractivity contribution >= 4 is 35.0 Å². The number of hydrazone groups is 1. The highest BCUT2D eigenvalue weighted by atomic mass is 32.2. The van der Waals surface area contributed by atoms with Gasteiger partial charge in [-0.25, -0.2) is 14.5 Å².